The summed E-state index contributed by atoms with van der Waals surface area (Å²) in [5, 5.41) is 14.4. The molecule has 5 rings (SSSR count). The fourth-order valence-electron chi connectivity index (χ4n) is 5.05. The van der Waals surface area contributed by atoms with Gasteiger partial charge in [-0.05, 0) is 41.5 Å². The second kappa shape index (κ2) is 5.35. The first-order valence-electron chi connectivity index (χ1n) is 8.87. The van der Waals surface area contributed by atoms with Gasteiger partial charge in [0.1, 0.15) is 0 Å². The van der Waals surface area contributed by atoms with Gasteiger partial charge in [0.15, 0.2) is 5.60 Å². The van der Waals surface area contributed by atoms with E-state index in [9.17, 15) is 14.7 Å². The van der Waals surface area contributed by atoms with E-state index >= 15 is 0 Å². The highest BCUT2D eigenvalue weighted by Crippen LogP contribution is 2.58. The van der Waals surface area contributed by atoms with Gasteiger partial charge in [0.25, 0.3) is 0 Å². The Balaban J connectivity index is 1.67. The molecule has 5 heteroatoms. The monoisotopic (exact) mass is 346 g/mol. The van der Waals surface area contributed by atoms with Crippen LogP contribution in [0.15, 0.2) is 66.4 Å². The molecule has 2 bridgehead atoms. The Morgan fingerprint density at radius 2 is 1.73 bits per heavy atom. The van der Waals surface area contributed by atoms with Crippen LogP contribution in [0.5, 0.6) is 0 Å². The average Bonchev–Trinajstić information content (AvgIpc) is 3.35. The molecule has 2 aromatic rings. The lowest BCUT2D eigenvalue weighted by molar-refractivity contribution is -0.126. The third-order valence-electron chi connectivity index (χ3n) is 6.10. The van der Waals surface area contributed by atoms with Crippen LogP contribution in [0.3, 0.4) is 0 Å². The van der Waals surface area contributed by atoms with E-state index in [-0.39, 0.29) is 35.5 Å². The number of hydrogen-bond donors (Lipinski definition) is 2. The van der Waals surface area contributed by atoms with Gasteiger partial charge in [-0.1, -0.05) is 42.5 Å². The molecule has 2 N–H and O–H groups in total. The van der Waals surface area contributed by atoms with Gasteiger partial charge in [0, 0.05) is 6.20 Å². The number of nitrogens with zero attached hydrogens (tertiary/aromatic N) is 1. The molecule has 5 atom stereocenters. The maximum absolute atomic E-state index is 12.3. The summed E-state index contributed by atoms with van der Waals surface area (Å²) >= 11 is 0. The highest BCUT2D eigenvalue weighted by atomic mass is 16.3. The molecule has 1 saturated carbocycles. The maximum Gasteiger partial charge on any atom is 0.231 e. The van der Waals surface area contributed by atoms with Gasteiger partial charge in [-0.15, -0.1) is 0 Å². The number of fused-ring (bicyclic) bond motifs is 5. The van der Waals surface area contributed by atoms with Crippen molar-refractivity contribution in [3.63, 3.8) is 0 Å². The van der Waals surface area contributed by atoms with Crippen molar-refractivity contribution in [2.45, 2.75) is 12.0 Å². The highest BCUT2D eigenvalue weighted by Gasteiger charge is 2.61. The Morgan fingerprint density at radius 3 is 2.46 bits per heavy atom. The highest BCUT2D eigenvalue weighted by molar-refractivity contribution is 6.06. The zero-order valence-electron chi connectivity index (χ0n) is 14.0. The van der Waals surface area contributed by atoms with E-state index < -0.39 is 5.60 Å². The minimum Gasteiger partial charge on any atom is -0.375 e. The molecule has 5 nitrogen and oxygen atoms in total. The summed E-state index contributed by atoms with van der Waals surface area (Å²) in [5.74, 6) is -1.22. The molecule has 2 amide bonds. The molecule has 0 radical (unpaired) electrons. The van der Waals surface area contributed by atoms with Crippen molar-refractivity contribution in [3.8, 4) is 0 Å². The van der Waals surface area contributed by atoms with Gasteiger partial charge < -0.3 is 5.11 Å². The zero-order chi connectivity index (χ0) is 17.9. The second-order valence-electron chi connectivity index (χ2n) is 7.32. The van der Waals surface area contributed by atoms with Crippen LogP contribution in [0.25, 0.3) is 0 Å². The molecule has 1 aliphatic heterocycles. The van der Waals surface area contributed by atoms with Crippen LogP contribution in [0.4, 0.5) is 0 Å². The molecular weight excluding hydrogens is 328 g/mol. The van der Waals surface area contributed by atoms with Gasteiger partial charge in [0.2, 0.25) is 11.8 Å². The minimum atomic E-state index is -1.40. The molecule has 1 aromatic heterocycles. The zero-order valence-corrected chi connectivity index (χ0v) is 14.0. The predicted octanol–water partition coefficient (Wildman–Crippen LogP) is 1.78. The van der Waals surface area contributed by atoms with Crippen molar-refractivity contribution in [3.05, 3.63) is 77.6 Å². The predicted molar refractivity (Wildman–Crippen MR) is 93.5 cm³/mol. The largest absolute Gasteiger partial charge is 0.375 e. The van der Waals surface area contributed by atoms with Crippen LogP contribution in [0.2, 0.25) is 0 Å². The van der Waals surface area contributed by atoms with E-state index in [1.54, 1.807) is 12.3 Å². The topological polar surface area (TPSA) is 79.3 Å². The molecule has 3 aliphatic rings. The first kappa shape index (κ1) is 15.5. The summed E-state index contributed by atoms with van der Waals surface area (Å²) in [6.07, 6.45) is 4.39. The maximum atomic E-state index is 12.3. The summed E-state index contributed by atoms with van der Waals surface area (Å²) in [5.41, 5.74) is 0.641. The summed E-state index contributed by atoms with van der Waals surface area (Å²) in [7, 11) is 0. The number of hydrogen-bond acceptors (Lipinski definition) is 4. The lowest BCUT2D eigenvalue weighted by Gasteiger charge is -2.35. The van der Waals surface area contributed by atoms with Crippen molar-refractivity contribution in [2.24, 2.45) is 23.7 Å². The molecule has 0 spiro atoms. The number of allylic oxidation sites excluding steroid dienone is 1. The molecule has 2 fully saturated rings. The first-order chi connectivity index (χ1) is 12.6. The van der Waals surface area contributed by atoms with Crippen LogP contribution in [-0.4, -0.2) is 21.9 Å². The third kappa shape index (κ3) is 1.92. The van der Waals surface area contributed by atoms with Crippen molar-refractivity contribution in [1.29, 1.82) is 0 Å². The SMILES string of the molecule is O=C1NC(=O)[C@H]2[C@@H]1[C@H]1C=C(C(O)(c3ccccc3)c3ccccn3)[C@@H]2C1. The van der Waals surface area contributed by atoms with Gasteiger partial charge in [-0.2, -0.15) is 0 Å². The molecule has 26 heavy (non-hydrogen) atoms. The fourth-order valence-corrected chi connectivity index (χ4v) is 5.05. The van der Waals surface area contributed by atoms with E-state index in [1.807, 2.05) is 48.5 Å². The summed E-state index contributed by atoms with van der Waals surface area (Å²) in [4.78, 5) is 28.9. The fraction of sp³-hybridized carbons (Fsp3) is 0.286. The summed E-state index contributed by atoms with van der Waals surface area (Å²) < 4.78 is 0. The number of aromatic nitrogens is 1. The van der Waals surface area contributed by atoms with E-state index in [1.165, 1.54) is 0 Å². The quantitative estimate of drug-likeness (QED) is 0.656. The Kier molecular flexibility index (Phi) is 3.18. The average molecular weight is 346 g/mol. The standard InChI is InChI=1S/C21H18N2O3/c24-19-17-12-10-14(18(17)20(25)23-19)15(11-12)21(26,13-6-2-1-3-7-13)16-8-4-5-9-22-16/h1-9,11-12,14,17-18,26H,10H2,(H,23,24,25)/t12-,14+,17+,18-,21?/m1/s1. The number of imide groups is 1. The third-order valence-corrected chi connectivity index (χ3v) is 6.10. The Morgan fingerprint density at radius 1 is 1.00 bits per heavy atom. The Bertz CT molecular complexity index is 883. The van der Waals surface area contributed by atoms with Crippen LogP contribution in [0.1, 0.15) is 17.7 Å². The van der Waals surface area contributed by atoms with E-state index in [2.05, 4.69) is 10.3 Å². The van der Waals surface area contributed by atoms with Crippen molar-refractivity contribution in [1.82, 2.24) is 10.3 Å². The number of nitrogens with one attached hydrogen (secondary N) is 1. The Hall–Kier alpha value is -2.79. The summed E-state index contributed by atoms with van der Waals surface area (Å²) in [6.45, 7) is 0. The normalized spacial score (nSPS) is 31.3. The number of amides is 2. The van der Waals surface area contributed by atoms with Gasteiger partial charge in [-0.3, -0.25) is 19.9 Å². The molecule has 2 heterocycles. The molecule has 1 unspecified atom stereocenters. The van der Waals surface area contributed by atoms with E-state index in [0.29, 0.717) is 5.69 Å². The van der Waals surface area contributed by atoms with Gasteiger partial charge in [0.05, 0.1) is 17.5 Å². The van der Waals surface area contributed by atoms with Gasteiger partial charge >= 0.3 is 0 Å². The number of rotatable bonds is 3. The number of aliphatic hydroxyl groups is 1. The summed E-state index contributed by atoms with van der Waals surface area (Å²) in [6, 6.07) is 14.9. The number of carbonyl (C=O) groups excluding carboxylic acids is 2. The molecule has 2 aliphatic carbocycles. The van der Waals surface area contributed by atoms with Crippen LogP contribution < -0.4 is 5.32 Å². The minimum absolute atomic E-state index is 0.00889. The smallest absolute Gasteiger partial charge is 0.231 e. The van der Waals surface area contributed by atoms with Gasteiger partial charge in [-0.25, -0.2) is 0 Å². The molecule has 130 valence electrons. The van der Waals surface area contributed by atoms with Crippen molar-refractivity contribution in [2.75, 3.05) is 0 Å². The number of carbonyl (C=O) groups is 2. The van der Waals surface area contributed by atoms with Crippen LogP contribution >= 0.6 is 0 Å². The van der Waals surface area contributed by atoms with Crippen molar-refractivity contribution < 1.29 is 14.7 Å². The lowest BCUT2D eigenvalue weighted by atomic mass is 9.71. The molecule has 1 aromatic carbocycles. The molecule has 1 saturated heterocycles. The number of pyridine rings is 1. The second-order valence-corrected chi connectivity index (χ2v) is 7.32. The van der Waals surface area contributed by atoms with Crippen LogP contribution in [0, 0.1) is 23.7 Å². The van der Waals surface area contributed by atoms with E-state index in [4.69, 9.17) is 0 Å². The van der Waals surface area contributed by atoms with Crippen LogP contribution in [-0.2, 0) is 15.2 Å². The molecular formula is C21H18N2O3. The Labute approximate surface area is 150 Å². The number of benzene rings is 1. The van der Waals surface area contributed by atoms with Crippen molar-refractivity contribution >= 4 is 11.8 Å². The first-order valence-corrected chi connectivity index (χ1v) is 8.87. The lowest BCUT2D eigenvalue weighted by Crippen LogP contribution is -2.37. The van der Waals surface area contributed by atoms with E-state index in [0.717, 1.165) is 17.6 Å².